The Kier molecular flexibility index (Phi) is 11.4. The predicted molar refractivity (Wildman–Crippen MR) is 164 cm³/mol. The number of halogens is 1. The summed E-state index contributed by atoms with van der Waals surface area (Å²) in [5.74, 6) is -0.665. The molecule has 8 heteroatoms. The van der Waals surface area contributed by atoms with Crippen LogP contribution in [0, 0.1) is 10.5 Å². The highest BCUT2D eigenvalue weighted by Crippen LogP contribution is 2.20. The van der Waals surface area contributed by atoms with E-state index in [4.69, 9.17) is 0 Å². The Labute approximate surface area is 239 Å². The van der Waals surface area contributed by atoms with Crippen LogP contribution in [0.4, 0.5) is 5.69 Å². The molecule has 0 fully saturated rings. The smallest absolute Gasteiger partial charge is 0.273 e. The summed E-state index contributed by atoms with van der Waals surface area (Å²) in [6.07, 6.45) is 1.59. The molecule has 2 N–H and O–H groups in total. The predicted octanol–water partition coefficient (Wildman–Crippen LogP) is 5.39. The number of benzene rings is 3. The van der Waals surface area contributed by atoms with Crippen LogP contribution in [-0.2, 0) is 6.54 Å². The maximum atomic E-state index is 13.1. The van der Waals surface area contributed by atoms with E-state index in [0.29, 0.717) is 16.8 Å². The normalized spacial score (nSPS) is 11.3. The highest BCUT2D eigenvalue weighted by atomic mass is 127. The van der Waals surface area contributed by atoms with Crippen LogP contribution in [0.3, 0.4) is 0 Å². The van der Waals surface area contributed by atoms with Crippen molar-refractivity contribution in [2.24, 2.45) is 5.10 Å². The zero-order chi connectivity index (χ0) is 27.5. The van der Waals surface area contributed by atoms with Gasteiger partial charge in [0.1, 0.15) is 0 Å². The monoisotopic (exact) mass is 625 g/mol. The van der Waals surface area contributed by atoms with E-state index >= 15 is 0 Å². The average molecular weight is 626 g/mol. The first-order valence-corrected chi connectivity index (χ1v) is 13.9. The van der Waals surface area contributed by atoms with Crippen molar-refractivity contribution in [2.45, 2.75) is 27.3 Å². The molecule has 0 aliphatic carbocycles. The van der Waals surface area contributed by atoms with Crippen molar-refractivity contribution in [3.63, 3.8) is 0 Å². The molecule has 0 atom stereocenters. The third kappa shape index (κ3) is 9.04. The summed E-state index contributed by atoms with van der Waals surface area (Å²) in [4.78, 5) is 30.7. The molecule has 38 heavy (non-hydrogen) atoms. The third-order valence-corrected chi connectivity index (χ3v) is 6.94. The van der Waals surface area contributed by atoms with Crippen molar-refractivity contribution in [2.75, 3.05) is 38.5 Å². The van der Waals surface area contributed by atoms with E-state index in [2.05, 4.69) is 69.1 Å². The fourth-order valence-electron chi connectivity index (χ4n) is 3.94. The molecule has 200 valence electrons. The van der Waals surface area contributed by atoms with E-state index in [0.717, 1.165) is 53.0 Å². The standard InChI is InChI=1S/C30H36IN5O2/c1-5-36(6-2)17-16-35(4)21-24-8-7-9-25(18-24)29(37)33-28-15-14-26(31)19-27(28)30(38)34-32-20-23-12-10-22(3)11-13-23/h7-15,18-20H,5-6,16-17,21H2,1-4H3,(H,33,37)(H,34,38). The Morgan fingerprint density at radius 1 is 0.947 bits per heavy atom. The summed E-state index contributed by atoms with van der Waals surface area (Å²) in [6, 6.07) is 20.8. The van der Waals surface area contributed by atoms with Gasteiger partial charge in [-0.3, -0.25) is 9.59 Å². The van der Waals surface area contributed by atoms with Crippen molar-refractivity contribution in [3.05, 3.63) is 98.1 Å². The number of nitrogens with zero attached hydrogens (tertiary/aromatic N) is 3. The van der Waals surface area contributed by atoms with E-state index in [1.165, 1.54) is 0 Å². The molecule has 7 nitrogen and oxygen atoms in total. The van der Waals surface area contributed by atoms with Crippen molar-refractivity contribution >= 4 is 46.3 Å². The molecule has 2 amide bonds. The fourth-order valence-corrected chi connectivity index (χ4v) is 4.43. The van der Waals surface area contributed by atoms with Crippen LogP contribution in [0.25, 0.3) is 0 Å². The Morgan fingerprint density at radius 3 is 2.39 bits per heavy atom. The van der Waals surface area contributed by atoms with Gasteiger partial charge in [0.2, 0.25) is 0 Å². The Bertz CT molecular complexity index is 1260. The number of anilines is 1. The van der Waals surface area contributed by atoms with E-state index in [1.807, 2.05) is 55.5 Å². The van der Waals surface area contributed by atoms with Crippen molar-refractivity contribution in [1.82, 2.24) is 15.2 Å². The quantitative estimate of drug-likeness (QED) is 0.161. The number of nitrogens with one attached hydrogen (secondary N) is 2. The van der Waals surface area contributed by atoms with Gasteiger partial charge in [0, 0.05) is 28.8 Å². The molecule has 0 unspecified atom stereocenters. The number of hydrogen-bond acceptors (Lipinski definition) is 5. The maximum absolute atomic E-state index is 13.1. The first-order chi connectivity index (χ1) is 18.3. The van der Waals surface area contributed by atoms with Crippen LogP contribution in [0.1, 0.15) is 51.3 Å². The van der Waals surface area contributed by atoms with Gasteiger partial charge in [-0.2, -0.15) is 5.10 Å². The summed E-state index contributed by atoms with van der Waals surface area (Å²) in [6.45, 7) is 11.1. The lowest BCUT2D eigenvalue weighted by atomic mass is 10.1. The number of aryl methyl sites for hydroxylation is 1. The molecule has 0 radical (unpaired) electrons. The molecular weight excluding hydrogens is 589 g/mol. The second kappa shape index (κ2) is 14.8. The lowest BCUT2D eigenvalue weighted by molar-refractivity contribution is 0.0956. The molecule has 0 saturated carbocycles. The van der Waals surface area contributed by atoms with Crippen molar-refractivity contribution < 1.29 is 9.59 Å². The molecular formula is C30H36IN5O2. The average Bonchev–Trinajstić information content (AvgIpc) is 2.91. The molecule has 0 aliphatic rings. The van der Waals surface area contributed by atoms with Crippen molar-refractivity contribution in [3.8, 4) is 0 Å². The molecule has 0 aliphatic heterocycles. The summed E-state index contributed by atoms with van der Waals surface area (Å²) in [5.41, 5.74) is 6.98. The molecule has 3 aromatic carbocycles. The fraction of sp³-hybridized carbons (Fsp3) is 0.300. The number of likely N-dealkylation sites (N-methyl/N-ethyl adjacent to an activating group) is 2. The number of rotatable bonds is 12. The lowest BCUT2D eigenvalue weighted by Gasteiger charge is -2.23. The number of amides is 2. The number of carbonyl (C=O) groups is 2. The highest BCUT2D eigenvalue weighted by Gasteiger charge is 2.15. The van der Waals surface area contributed by atoms with Crippen LogP contribution in [0.5, 0.6) is 0 Å². The van der Waals surface area contributed by atoms with Gasteiger partial charge >= 0.3 is 0 Å². The molecule has 0 aromatic heterocycles. The second-order valence-electron chi connectivity index (χ2n) is 9.22. The van der Waals surface area contributed by atoms with Gasteiger partial charge < -0.3 is 15.1 Å². The Morgan fingerprint density at radius 2 is 1.68 bits per heavy atom. The molecule has 0 heterocycles. The van der Waals surface area contributed by atoms with Crippen LogP contribution in [-0.4, -0.2) is 61.1 Å². The SMILES string of the molecule is CCN(CC)CCN(C)Cc1cccc(C(=O)Nc2ccc(I)cc2C(=O)NN=Cc2ccc(C)cc2)c1. The molecule has 0 saturated heterocycles. The number of carbonyl (C=O) groups excluding carboxylic acids is 2. The number of hydrazone groups is 1. The zero-order valence-electron chi connectivity index (χ0n) is 22.5. The minimum absolute atomic E-state index is 0.268. The third-order valence-electron chi connectivity index (χ3n) is 6.27. The molecule has 0 bridgehead atoms. The van der Waals surface area contributed by atoms with Gasteiger partial charge in [0.25, 0.3) is 11.8 Å². The van der Waals surface area contributed by atoms with Crippen LogP contribution >= 0.6 is 22.6 Å². The van der Waals surface area contributed by atoms with Crippen molar-refractivity contribution in [1.29, 1.82) is 0 Å². The minimum atomic E-state index is -0.397. The Balaban J connectivity index is 1.66. The molecule has 3 aromatic rings. The van der Waals surface area contributed by atoms with Crippen LogP contribution in [0.2, 0.25) is 0 Å². The van der Waals surface area contributed by atoms with Gasteiger partial charge in [0.15, 0.2) is 0 Å². The van der Waals surface area contributed by atoms with Gasteiger partial charge in [-0.25, -0.2) is 5.43 Å². The first kappa shape index (κ1) is 29.5. The van der Waals surface area contributed by atoms with Gasteiger partial charge in [0.05, 0.1) is 17.5 Å². The summed E-state index contributed by atoms with van der Waals surface area (Å²) in [5, 5.41) is 6.99. The minimum Gasteiger partial charge on any atom is -0.321 e. The van der Waals surface area contributed by atoms with Crippen LogP contribution in [0.15, 0.2) is 71.8 Å². The Hall–Kier alpha value is -3.08. The van der Waals surface area contributed by atoms with E-state index < -0.39 is 5.91 Å². The van der Waals surface area contributed by atoms with E-state index in [9.17, 15) is 9.59 Å². The molecule has 0 spiro atoms. The number of hydrogen-bond donors (Lipinski definition) is 2. The summed E-state index contributed by atoms with van der Waals surface area (Å²) >= 11 is 2.14. The highest BCUT2D eigenvalue weighted by molar-refractivity contribution is 14.1. The second-order valence-corrected chi connectivity index (χ2v) is 10.5. The summed E-state index contributed by atoms with van der Waals surface area (Å²) < 4.78 is 0.878. The lowest BCUT2D eigenvalue weighted by Crippen LogP contribution is -2.32. The van der Waals surface area contributed by atoms with Gasteiger partial charge in [-0.05, 0) is 91.1 Å². The van der Waals surface area contributed by atoms with Crippen LogP contribution < -0.4 is 10.7 Å². The molecule has 3 rings (SSSR count). The van der Waals surface area contributed by atoms with Gasteiger partial charge in [-0.1, -0.05) is 55.8 Å². The topological polar surface area (TPSA) is 77.0 Å². The van der Waals surface area contributed by atoms with Gasteiger partial charge in [-0.15, -0.1) is 0 Å². The summed E-state index contributed by atoms with van der Waals surface area (Å²) in [7, 11) is 2.09. The van der Waals surface area contributed by atoms with E-state index in [1.54, 1.807) is 24.4 Å². The largest absolute Gasteiger partial charge is 0.321 e. The van der Waals surface area contributed by atoms with E-state index in [-0.39, 0.29) is 5.91 Å². The maximum Gasteiger partial charge on any atom is 0.273 e. The zero-order valence-corrected chi connectivity index (χ0v) is 24.7. The first-order valence-electron chi connectivity index (χ1n) is 12.8.